The Balaban J connectivity index is 2.00. The smallest absolute Gasteiger partial charge is 0.239 e. The molecule has 2 aromatic rings. The SMILES string of the molecule is CCCCNC(=O)C[C@H]1C[C@@H](/C=C/c2c(-c3ccc(F)cc3)nc(N(C)S(C)(=O)=O)nc2C(C)C)OC(C)(C)O1. The molecule has 1 aromatic heterocycles. The van der Waals surface area contributed by atoms with E-state index in [1.807, 2.05) is 39.8 Å². The minimum Gasteiger partial charge on any atom is -0.356 e. The Morgan fingerprint density at radius 2 is 1.90 bits per heavy atom. The predicted octanol–water partition coefficient (Wildman–Crippen LogP) is 5.03. The molecule has 1 aliphatic heterocycles. The largest absolute Gasteiger partial charge is 0.356 e. The highest BCUT2D eigenvalue weighted by molar-refractivity contribution is 7.92. The van der Waals surface area contributed by atoms with Crippen molar-refractivity contribution < 1.29 is 27.1 Å². The third-order valence-corrected chi connectivity index (χ3v) is 7.69. The molecular weight excluding hydrogens is 535 g/mol. The van der Waals surface area contributed by atoms with Crippen LogP contribution in [0, 0.1) is 5.82 Å². The average molecular weight is 577 g/mol. The van der Waals surface area contributed by atoms with E-state index < -0.39 is 21.6 Å². The standard InChI is InChI=1S/C29H41FN4O5S/c1-8-9-16-31-25(35)18-23-17-22(38-29(4,5)39-23)14-15-24-26(19(2)3)32-28(34(6)40(7,36)37)33-27(24)20-10-12-21(30)13-11-20/h10-15,19,22-23H,8-9,16-18H2,1-7H3,(H,31,35)/b15-14+/t22-,23-/m1/s1. The van der Waals surface area contributed by atoms with Gasteiger partial charge in [0, 0.05) is 31.1 Å². The molecule has 40 heavy (non-hydrogen) atoms. The molecular formula is C29H41FN4O5S. The van der Waals surface area contributed by atoms with Gasteiger partial charge in [-0.1, -0.05) is 39.3 Å². The minimum atomic E-state index is -3.62. The quantitative estimate of drug-likeness (QED) is 0.374. The van der Waals surface area contributed by atoms with Crippen LogP contribution in [-0.4, -0.2) is 62.1 Å². The predicted molar refractivity (Wildman–Crippen MR) is 155 cm³/mol. The highest BCUT2D eigenvalue weighted by Gasteiger charge is 2.35. The summed E-state index contributed by atoms with van der Waals surface area (Å²) in [6.45, 7) is 10.3. The van der Waals surface area contributed by atoms with Crippen LogP contribution in [0.4, 0.5) is 10.3 Å². The lowest BCUT2D eigenvalue weighted by atomic mass is 9.97. The lowest BCUT2D eigenvalue weighted by Gasteiger charge is -2.39. The Hall–Kier alpha value is -2.89. The summed E-state index contributed by atoms with van der Waals surface area (Å²) in [5.74, 6) is -1.41. The summed E-state index contributed by atoms with van der Waals surface area (Å²) in [5.41, 5.74) is 2.39. The van der Waals surface area contributed by atoms with Crippen molar-refractivity contribution in [2.45, 2.75) is 84.2 Å². The topological polar surface area (TPSA) is 111 Å². The third kappa shape index (κ3) is 8.55. The third-order valence-electron chi connectivity index (χ3n) is 6.53. The van der Waals surface area contributed by atoms with E-state index in [2.05, 4.69) is 22.2 Å². The van der Waals surface area contributed by atoms with Crippen molar-refractivity contribution in [1.82, 2.24) is 15.3 Å². The van der Waals surface area contributed by atoms with Crippen molar-refractivity contribution in [3.8, 4) is 11.3 Å². The summed E-state index contributed by atoms with van der Waals surface area (Å²) in [6.07, 6.45) is 6.77. The number of sulfonamides is 1. The van der Waals surface area contributed by atoms with Crippen LogP contribution in [0.3, 0.4) is 0 Å². The second-order valence-electron chi connectivity index (χ2n) is 10.9. The van der Waals surface area contributed by atoms with Gasteiger partial charge < -0.3 is 14.8 Å². The zero-order valence-electron chi connectivity index (χ0n) is 24.4. The molecule has 0 bridgehead atoms. The molecule has 0 aliphatic carbocycles. The number of hydrogen-bond donors (Lipinski definition) is 1. The lowest BCUT2D eigenvalue weighted by molar-refractivity contribution is -0.289. The number of nitrogens with one attached hydrogen (secondary N) is 1. The fourth-order valence-corrected chi connectivity index (χ4v) is 4.85. The first-order valence-electron chi connectivity index (χ1n) is 13.6. The second kappa shape index (κ2) is 13.2. The van der Waals surface area contributed by atoms with Gasteiger partial charge in [-0.25, -0.2) is 27.1 Å². The van der Waals surface area contributed by atoms with E-state index in [0.717, 1.165) is 23.4 Å². The summed E-state index contributed by atoms with van der Waals surface area (Å²) < 4.78 is 51.6. The second-order valence-corrected chi connectivity index (χ2v) is 12.9. The fourth-order valence-electron chi connectivity index (χ4n) is 4.47. The van der Waals surface area contributed by atoms with Gasteiger partial charge >= 0.3 is 0 Å². The first kappa shape index (κ1) is 31.6. The summed E-state index contributed by atoms with van der Waals surface area (Å²) in [4.78, 5) is 21.7. The van der Waals surface area contributed by atoms with Crippen LogP contribution < -0.4 is 9.62 Å². The molecule has 1 aromatic carbocycles. The zero-order chi connectivity index (χ0) is 29.7. The molecule has 0 saturated carbocycles. The number of hydrogen-bond acceptors (Lipinski definition) is 7. The first-order valence-corrected chi connectivity index (χ1v) is 15.5. The number of nitrogens with zero attached hydrogens (tertiary/aromatic N) is 3. The van der Waals surface area contributed by atoms with Gasteiger partial charge in [-0.15, -0.1) is 0 Å². The van der Waals surface area contributed by atoms with Crippen LogP contribution in [0.15, 0.2) is 30.3 Å². The number of unbranched alkanes of at least 4 members (excludes halogenated alkanes) is 1. The van der Waals surface area contributed by atoms with Crippen LogP contribution in [-0.2, 0) is 24.3 Å². The van der Waals surface area contributed by atoms with Gasteiger partial charge in [-0.05, 0) is 50.5 Å². The van der Waals surface area contributed by atoms with Crippen molar-refractivity contribution in [2.24, 2.45) is 0 Å². The van der Waals surface area contributed by atoms with E-state index in [1.165, 1.54) is 19.2 Å². The average Bonchev–Trinajstić information content (AvgIpc) is 2.85. The zero-order valence-corrected chi connectivity index (χ0v) is 25.2. The maximum Gasteiger partial charge on any atom is 0.239 e. The first-order chi connectivity index (χ1) is 18.7. The number of amides is 1. The van der Waals surface area contributed by atoms with E-state index in [9.17, 15) is 17.6 Å². The van der Waals surface area contributed by atoms with Gasteiger partial charge in [0.05, 0.1) is 36.3 Å². The minimum absolute atomic E-state index is 0.0280. The number of rotatable bonds is 11. The molecule has 1 fully saturated rings. The lowest BCUT2D eigenvalue weighted by Crippen LogP contribution is -2.45. The Kier molecular flexibility index (Phi) is 10.4. The van der Waals surface area contributed by atoms with Gasteiger partial charge in [0.25, 0.3) is 0 Å². The molecule has 1 amide bonds. The molecule has 3 rings (SSSR count). The monoisotopic (exact) mass is 576 g/mol. The van der Waals surface area contributed by atoms with E-state index in [-0.39, 0.29) is 36.4 Å². The molecule has 0 radical (unpaired) electrons. The van der Waals surface area contributed by atoms with Crippen molar-refractivity contribution >= 4 is 28.0 Å². The van der Waals surface area contributed by atoms with Gasteiger partial charge in [0.1, 0.15) is 5.82 Å². The Morgan fingerprint density at radius 3 is 2.50 bits per heavy atom. The van der Waals surface area contributed by atoms with E-state index in [0.29, 0.717) is 35.5 Å². The van der Waals surface area contributed by atoms with E-state index >= 15 is 0 Å². The summed E-state index contributed by atoms with van der Waals surface area (Å²) in [7, 11) is -2.22. The van der Waals surface area contributed by atoms with E-state index in [1.54, 1.807) is 12.1 Å². The maximum atomic E-state index is 13.8. The molecule has 1 saturated heterocycles. The number of carbonyl (C=O) groups is 1. The van der Waals surface area contributed by atoms with Crippen molar-refractivity contribution in [3.63, 3.8) is 0 Å². The molecule has 1 aliphatic rings. The van der Waals surface area contributed by atoms with Crippen LogP contribution in [0.2, 0.25) is 0 Å². The number of aromatic nitrogens is 2. The summed E-state index contributed by atoms with van der Waals surface area (Å²) in [6, 6.07) is 5.87. The molecule has 220 valence electrons. The number of carbonyl (C=O) groups excluding carboxylic acids is 1. The molecule has 1 N–H and O–H groups in total. The summed E-state index contributed by atoms with van der Waals surface area (Å²) >= 11 is 0. The van der Waals surface area contributed by atoms with Gasteiger partial charge in [0.2, 0.25) is 21.9 Å². The molecule has 9 nitrogen and oxygen atoms in total. The van der Waals surface area contributed by atoms with Gasteiger partial charge in [-0.3, -0.25) is 4.79 Å². The Labute approximate surface area is 237 Å². The van der Waals surface area contributed by atoms with Gasteiger partial charge in [0.15, 0.2) is 5.79 Å². The molecule has 11 heteroatoms. The number of ether oxygens (including phenoxy) is 2. The normalized spacial score (nSPS) is 19.2. The van der Waals surface area contributed by atoms with Crippen molar-refractivity contribution in [1.29, 1.82) is 0 Å². The maximum absolute atomic E-state index is 13.8. The Bertz CT molecular complexity index is 1310. The van der Waals surface area contributed by atoms with Gasteiger partial charge in [-0.2, -0.15) is 0 Å². The molecule has 0 unspecified atom stereocenters. The highest BCUT2D eigenvalue weighted by atomic mass is 32.2. The van der Waals surface area contributed by atoms with Crippen LogP contribution in [0.1, 0.15) is 77.5 Å². The molecule has 2 heterocycles. The Morgan fingerprint density at radius 1 is 1.23 bits per heavy atom. The van der Waals surface area contributed by atoms with Crippen LogP contribution in [0.5, 0.6) is 0 Å². The number of benzene rings is 1. The molecule has 0 spiro atoms. The van der Waals surface area contributed by atoms with Crippen LogP contribution in [0.25, 0.3) is 17.3 Å². The van der Waals surface area contributed by atoms with E-state index in [4.69, 9.17) is 9.47 Å². The van der Waals surface area contributed by atoms with Crippen molar-refractivity contribution in [3.05, 3.63) is 47.4 Å². The number of halogens is 1. The fraction of sp³-hybridized carbons (Fsp3) is 0.552. The van der Waals surface area contributed by atoms with Crippen molar-refractivity contribution in [2.75, 3.05) is 24.2 Å². The summed E-state index contributed by atoms with van der Waals surface area (Å²) in [5, 5.41) is 2.94. The highest BCUT2D eigenvalue weighted by Crippen LogP contribution is 2.33. The molecule has 2 atom stereocenters. The van der Waals surface area contributed by atoms with Crippen LogP contribution >= 0.6 is 0 Å². The number of anilines is 1.